The van der Waals surface area contributed by atoms with Crippen LogP contribution in [-0.2, 0) is 24.2 Å². The minimum atomic E-state index is -0.940. The van der Waals surface area contributed by atoms with Crippen LogP contribution in [0.3, 0.4) is 0 Å². The second-order valence-corrected chi connectivity index (χ2v) is 5.46. The van der Waals surface area contributed by atoms with E-state index in [2.05, 4.69) is 0 Å². The van der Waals surface area contributed by atoms with Gasteiger partial charge >= 0.3 is 0 Å². The van der Waals surface area contributed by atoms with Crippen LogP contribution < -0.4 is 9.84 Å². The fourth-order valence-electron chi connectivity index (χ4n) is 2.76. The van der Waals surface area contributed by atoms with E-state index in [0.717, 1.165) is 23.3 Å². The van der Waals surface area contributed by atoms with Gasteiger partial charge < -0.3 is 14.6 Å². The normalized spacial score (nSPS) is 17.0. The molecule has 108 valence electrons. The lowest BCUT2D eigenvalue weighted by Crippen LogP contribution is -2.34. The smallest absolute Gasteiger partial charge is 0.120 e. The first-order valence-corrected chi connectivity index (χ1v) is 7.22. The van der Waals surface area contributed by atoms with Crippen molar-refractivity contribution >= 4 is 5.97 Å². The van der Waals surface area contributed by atoms with E-state index in [1.165, 1.54) is 5.56 Å². The molecule has 0 spiro atoms. The average molecular weight is 281 g/mol. The highest BCUT2D eigenvalue weighted by molar-refractivity contribution is 5.68. The first kappa shape index (κ1) is 13.7. The van der Waals surface area contributed by atoms with E-state index in [0.29, 0.717) is 19.4 Å². The lowest BCUT2D eigenvalue weighted by molar-refractivity contribution is -0.311. The summed E-state index contributed by atoms with van der Waals surface area (Å²) in [5.74, 6) is -0.455. The van der Waals surface area contributed by atoms with Crippen LogP contribution in [-0.4, -0.2) is 5.97 Å². The lowest BCUT2D eigenvalue weighted by Gasteiger charge is -2.25. The largest absolute Gasteiger partial charge is 0.550 e. The number of carbonyl (C=O) groups excluding carboxylic acids is 1. The Kier molecular flexibility index (Phi) is 3.91. The number of rotatable bonds is 4. The Bertz CT molecular complexity index is 634. The summed E-state index contributed by atoms with van der Waals surface area (Å²) in [5, 5.41) is 11.0. The summed E-state index contributed by atoms with van der Waals surface area (Å²) < 4.78 is 5.80. The monoisotopic (exact) mass is 281 g/mol. The quantitative estimate of drug-likeness (QED) is 0.862. The van der Waals surface area contributed by atoms with Gasteiger partial charge in [-0.1, -0.05) is 36.4 Å². The Labute approximate surface area is 124 Å². The number of carboxylic acids is 1. The van der Waals surface area contributed by atoms with Gasteiger partial charge in [0, 0.05) is 11.9 Å². The topological polar surface area (TPSA) is 49.4 Å². The fraction of sp³-hybridized carbons (Fsp3) is 0.278. The summed E-state index contributed by atoms with van der Waals surface area (Å²) >= 11 is 0. The predicted molar refractivity (Wildman–Crippen MR) is 77.7 cm³/mol. The summed E-state index contributed by atoms with van der Waals surface area (Å²) in [5.41, 5.74) is 3.42. The second-order valence-electron chi connectivity index (χ2n) is 5.46. The summed E-state index contributed by atoms with van der Waals surface area (Å²) in [7, 11) is 0. The molecule has 0 radical (unpaired) electrons. The number of ether oxygens (including phenoxy) is 1. The van der Waals surface area contributed by atoms with Gasteiger partial charge in [0.1, 0.15) is 12.4 Å². The van der Waals surface area contributed by atoms with Crippen molar-refractivity contribution in [2.24, 2.45) is 5.92 Å². The third-order valence-corrected chi connectivity index (χ3v) is 3.99. The van der Waals surface area contributed by atoms with Gasteiger partial charge in [0.15, 0.2) is 0 Å². The molecule has 0 N–H and O–H groups in total. The van der Waals surface area contributed by atoms with Crippen LogP contribution >= 0.6 is 0 Å². The maximum Gasteiger partial charge on any atom is 0.120 e. The molecule has 1 aliphatic rings. The highest BCUT2D eigenvalue weighted by Crippen LogP contribution is 2.28. The second kappa shape index (κ2) is 6.00. The summed E-state index contributed by atoms with van der Waals surface area (Å²) in [6.45, 7) is 0.543. The van der Waals surface area contributed by atoms with Crippen molar-refractivity contribution in [2.45, 2.75) is 25.9 Å². The van der Waals surface area contributed by atoms with E-state index in [4.69, 9.17) is 4.74 Å². The van der Waals surface area contributed by atoms with Crippen molar-refractivity contribution in [1.29, 1.82) is 0 Å². The maximum absolute atomic E-state index is 11.0. The molecule has 0 amide bonds. The Balaban J connectivity index is 1.68. The number of aryl methyl sites for hydroxylation is 1. The summed E-state index contributed by atoms with van der Waals surface area (Å²) in [4.78, 5) is 11.0. The molecule has 2 aromatic rings. The minimum absolute atomic E-state index is 0.353. The molecule has 0 fully saturated rings. The first-order chi connectivity index (χ1) is 10.2. The lowest BCUT2D eigenvalue weighted by atomic mass is 9.84. The van der Waals surface area contributed by atoms with Gasteiger partial charge in [-0.3, -0.25) is 0 Å². The molecule has 3 rings (SSSR count). The van der Waals surface area contributed by atoms with Crippen LogP contribution in [0.5, 0.6) is 5.75 Å². The van der Waals surface area contributed by atoms with Crippen molar-refractivity contribution in [3.05, 3.63) is 65.2 Å². The molecule has 0 saturated carbocycles. The van der Waals surface area contributed by atoms with Crippen LogP contribution in [0.4, 0.5) is 0 Å². The molecular formula is C18H17O3-. The van der Waals surface area contributed by atoms with Crippen molar-refractivity contribution in [1.82, 2.24) is 0 Å². The van der Waals surface area contributed by atoms with Crippen LogP contribution in [0.1, 0.15) is 23.1 Å². The van der Waals surface area contributed by atoms with E-state index in [1.807, 2.05) is 48.5 Å². The summed E-state index contributed by atoms with van der Waals surface area (Å²) in [6.07, 6.45) is 1.99. The number of hydrogen-bond donors (Lipinski definition) is 0. The van der Waals surface area contributed by atoms with Crippen molar-refractivity contribution < 1.29 is 14.6 Å². The molecule has 0 heterocycles. The third kappa shape index (κ3) is 3.24. The van der Waals surface area contributed by atoms with Gasteiger partial charge in [0.2, 0.25) is 0 Å². The van der Waals surface area contributed by atoms with Gasteiger partial charge in [0.25, 0.3) is 0 Å². The molecule has 0 aromatic heterocycles. The predicted octanol–water partition coefficient (Wildman–Crippen LogP) is 2.12. The summed E-state index contributed by atoms with van der Waals surface area (Å²) in [6, 6.07) is 16.0. The Morgan fingerprint density at radius 3 is 2.71 bits per heavy atom. The SMILES string of the molecule is O=C([O-])C1CCc2cc(OCc3ccccc3)ccc2C1. The number of hydrogen-bond acceptors (Lipinski definition) is 3. The zero-order valence-electron chi connectivity index (χ0n) is 11.7. The number of carbonyl (C=O) groups is 1. The van der Waals surface area contributed by atoms with Gasteiger partial charge in [-0.05, 0) is 48.1 Å². The van der Waals surface area contributed by atoms with Crippen LogP contribution in [0.15, 0.2) is 48.5 Å². The van der Waals surface area contributed by atoms with E-state index >= 15 is 0 Å². The Morgan fingerprint density at radius 1 is 1.14 bits per heavy atom. The van der Waals surface area contributed by atoms with Crippen LogP contribution in [0.25, 0.3) is 0 Å². The molecule has 0 bridgehead atoms. The molecule has 1 unspecified atom stereocenters. The third-order valence-electron chi connectivity index (χ3n) is 3.99. The average Bonchev–Trinajstić information content (AvgIpc) is 2.53. The first-order valence-electron chi connectivity index (χ1n) is 7.22. The van der Waals surface area contributed by atoms with E-state index < -0.39 is 5.97 Å². The molecule has 2 aromatic carbocycles. The van der Waals surface area contributed by atoms with Gasteiger partial charge in [-0.2, -0.15) is 0 Å². The maximum atomic E-state index is 11.0. The number of fused-ring (bicyclic) bond motifs is 1. The molecule has 1 atom stereocenters. The minimum Gasteiger partial charge on any atom is -0.550 e. The van der Waals surface area contributed by atoms with Gasteiger partial charge in [-0.15, -0.1) is 0 Å². The molecule has 1 aliphatic carbocycles. The number of carboxylic acid groups (broad SMARTS) is 1. The van der Waals surface area contributed by atoms with Gasteiger partial charge in [0.05, 0.1) is 0 Å². The van der Waals surface area contributed by atoms with Crippen LogP contribution in [0, 0.1) is 5.92 Å². The molecule has 0 saturated heterocycles. The highest BCUT2D eigenvalue weighted by Gasteiger charge is 2.19. The van der Waals surface area contributed by atoms with Crippen LogP contribution in [0.2, 0.25) is 0 Å². The molecular weight excluding hydrogens is 264 g/mol. The highest BCUT2D eigenvalue weighted by atomic mass is 16.5. The molecule has 21 heavy (non-hydrogen) atoms. The standard InChI is InChI=1S/C18H18O3/c19-18(20)16-7-6-15-11-17(9-8-14(15)10-16)21-12-13-4-2-1-3-5-13/h1-5,8-9,11,16H,6-7,10,12H2,(H,19,20)/p-1. The van der Waals surface area contributed by atoms with Gasteiger partial charge in [-0.25, -0.2) is 0 Å². The zero-order valence-corrected chi connectivity index (χ0v) is 11.7. The van der Waals surface area contributed by atoms with E-state index in [9.17, 15) is 9.90 Å². The van der Waals surface area contributed by atoms with Crippen molar-refractivity contribution in [3.8, 4) is 5.75 Å². The molecule has 3 nitrogen and oxygen atoms in total. The van der Waals surface area contributed by atoms with Crippen molar-refractivity contribution in [3.63, 3.8) is 0 Å². The van der Waals surface area contributed by atoms with Crippen molar-refractivity contribution in [2.75, 3.05) is 0 Å². The number of aliphatic carboxylic acids is 1. The zero-order chi connectivity index (χ0) is 14.7. The Hall–Kier alpha value is -2.29. The van der Waals surface area contributed by atoms with E-state index in [-0.39, 0.29) is 5.92 Å². The number of benzene rings is 2. The van der Waals surface area contributed by atoms with E-state index in [1.54, 1.807) is 0 Å². The fourth-order valence-corrected chi connectivity index (χ4v) is 2.76. The molecule has 3 heteroatoms. The molecule has 0 aliphatic heterocycles. The Morgan fingerprint density at radius 2 is 1.95 bits per heavy atom.